The second kappa shape index (κ2) is 3.03. The first-order valence-electron chi connectivity index (χ1n) is 4.11. The summed E-state index contributed by atoms with van der Waals surface area (Å²) in [5.41, 5.74) is 0.225. The highest BCUT2D eigenvalue weighted by molar-refractivity contribution is 5.92. The van der Waals surface area contributed by atoms with Gasteiger partial charge < -0.3 is 10.2 Å². The Labute approximate surface area is 80.2 Å². The molecule has 0 saturated carbocycles. The van der Waals surface area contributed by atoms with Crippen molar-refractivity contribution in [3.05, 3.63) is 35.9 Å². The molecule has 2 rings (SSSR count). The summed E-state index contributed by atoms with van der Waals surface area (Å²) < 4.78 is 0. The predicted molar refractivity (Wildman–Crippen MR) is 52.7 cm³/mol. The van der Waals surface area contributed by atoms with Gasteiger partial charge in [-0.1, -0.05) is 6.07 Å². The van der Waals surface area contributed by atoms with Crippen LogP contribution in [-0.4, -0.2) is 16.5 Å². The van der Waals surface area contributed by atoms with Crippen molar-refractivity contribution in [1.82, 2.24) is 0 Å². The van der Waals surface area contributed by atoms with Gasteiger partial charge in [0.15, 0.2) is 6.29 Å². The summed E-state index contributed by atoms with van der Waals surface area (Å²) in [7, 11) is 0. The van der Waals surface area contributed by atoms with E-state index in [2.05, 4.69) is 0 Å². The molecule has 0 atom stereocenters. The van der Waals surface area contributed by atoms with Crippen LogP contribution in [0.1, 0.15) is 10.4 Å². The second-order valence-electron chi connectivity index (χ2n) is 3.06. The molecule has 0 aliphatic rings. The molecule has 0 unspecified atom stereocenters. The number of carbonyl (C=O) groups is 1. The zero-order valence-corrected chi connectivity index (χ0v) is 7.27. The Hall–Kier alpha value is -2.03. The fourth-order valence-corrected chi connectivity index (χ4v) is 1.39. The average molecular weight is 188 g/mol. The number of aromatic hydroxyl groups is 2. The maximum Gasteiger partial charge on any atom is 0.153 e. The monoisotopic (exact) mass is 188 g/mol. The van der Waals surface area contributed by atoms with Crippen LogP contribution in [0.2, 0.25) is 0 Å². The molecule has 0 radical (unpaired) electrons. The average Bonchev–Trinajstić information content (AvgIpc) is 2.17. The number of rotatable bonds is 1. The van der Waals surface area contributed by atoms with E-state index in [1.54, 1.807) is 12.1 Å². The Morgan fingerprint density at radius 2 is 1.79 bits per heavy atom. The number of aldehydes is 1. The van der Waals surface area contributed by atoms with Gasteiger partial charge >= 0.3 is 0 Å². The summed E-state index contributed by atoms with van der Waals surface area (Å²) in [5, 5.41) is 20.1. The molecule has 14 heavy (non-hydrogen) atoms. The molecule has 2 aromatic carbocycles. The number of hydrogen-bond donors (Lipinski definition) is 2. The Morgan fingerprint density at radius 1 is 1.00 bits per heavy atom. The molecule has 0 heterocycles. The molecule has 0 saturated heterocycles. The highest BCUT2D eigenvalue weighted by Crippen LogP contribution is 2.26. The van der Waals surface area contributed by atoms with Crippen LogP contribution in [0.25, 0.3) is 10.8 Å². The summed E-state index contributed by atoms with van der Waals surface area (Å²) >= 11 is 0. The third-order valence-corrected chi connectivity index (χ3v) is 2.10. The standard InChI is InChI=1S/C11H8O3/c12-6-9-3-8-4-10(13)2-1-7(8)5-11(9)14/h1-6,13-14H. The van der Waals surface area contributed by atoms with Gasteiger partial charge in [0.25, 0.3) is 0 Å². The van der Waals surface area contributed by atoms with Crippen molar-refractivity contribution in [2.45, 2.75) is 0 Å². The van der Waals surface area contributed by atoms with Crippen molar-refractivity contribution in [2.75, 3.05) is 0 Å². The first-order chi connectivity index (χ1) is 6.70. The van der Waals surface area contributed by atoms with Gasteiger partial charge in [-0.05, 0) is 35.0 Å². The molecule has 2 N–H and O–H groups in total. The minimum atomic E-state index is -0.0433. The van der Waals surface area contributed by atoms with E-state index in [1.165, 1.54) is 18.2 Å². The minimum Gasteiger partial charge on any atom is -0.508 e. The summed E-state index contributed by atoms with van der Waals surface area (Å²) in [6.45, 7) is 0. The first-order valence-corrected chi connectivity index (χ1v) is 4.11. The van der Waals surface area contributed by atoms with E-state index in [0.717, 1.165) is 10.8 Å². The summed E-state index contributed by atoms with van der Waals surface area (Å²) in [4.78, 5) is 10.5. The first kappa shape index (κ1) is 8.56. The second-order valence-corrected chi connectivity index (χ2v) is 3.06. The molecule has 0 aromatic heterocycles. The third kappa shape index (κ3) is 1.29. The molecule has 0 aliphatic carbocycles. The molecule has 0 spiro atoms. The van der Waals surface area contributed by atoms with Crippen molar-refractivity contribution in [1.29, 1.82) is 0 Å². The number of carbonyl (C=O) groups excluding carboxylic acids is 1. The van der Waals surface area contributed by atoms with Crippen LogP contribution in [0.4, 0.5) is 0 Å². The highest BCUT2D eigenvalue weighted by Gasteiger charge is 2.03. The number of hydrogen-bond acceptors (Lipinski definition) is 3. The molecule has 0 bridgehead atoms. The zero-order chi connectivity index (χ0) is 10.1. The molecule has 3 nitrogen and oxygen atoms in total. The lowest BCUT2D eigenvalue weighted by molar-refractivity contribution is 0.112. The van der Waals surface area contributed by atoms with E-state index in [9.17, 15) is 15.0 Å². The van der Waals surface area contributed by atoms with E-state index >= 15 is 0 Å². The van der Waals surface area contributed by atoms with E-state index < -0.39 is 0 Å². The van der Waals surface area contributed by atoms with Crippen molar-refractivity contribution in [3.8, 4) is 11.5 Å². The van der Waals surface area contributed by atoms with Crippen LogP contribution in [-0.2, 0) is 0 Å². The lowest BCUT2D eigenvalue weighted by atomic mass is 10.1. The lowest BCUT2D eigenvalue weighted by Crippen LogP contribution is -1.82. The van der Waals surface area contributed by atoms with Crippen molar-refractivity contribution >= 4 is 17.1 Å². The van der Waals surface area contributed by atoms with Gasteiger partial charge in [-0.3, -0.25) is 4.79 Å². The summed E-state index contributed by atoms with van der Waals surface area (Å²) in [6.07, 6.45) is 0.582. The van der Waals surface area contributed by atoms with Gasteiger partial charge in [-0.2, -0.15) is 0 Å². The van der Waals surface area contributed by atoms with E-state index in [4.69, 9.17) is 0 Å². The Balaban J connectivity index is 2.79. The molecular formula is C11H8O3. The van der Waals surface area contributed by atoms with Crippen molar-refractivity contribution in [2.24, 2.45) is 0 Å². The van der Waals surface area contributed by atoms with Gasteiger partial charge in [0.1, 0.15) is 11.5 Å². The SMILES string of the molecule is O=Cc1cc2cc(O)ccc2cc1O. The summed E-state index contributed by atoms with van der Waals surface area (Å²) in [6, 6.07) is 7.79. The Bertz CT molecular complexity index is 503. The largest absolute Gasteiger partial charge is 0.508 e. The van der Waals surface area contributed by atoms with Gasteiger partial charge in [-0.25, -0.2) is 0 Å². The molecule has 0 aliphatic heterocycles. The van der Waals surface area contributed by atoms with Crippen LogP contribution in [0.3, 0.4) is 0 Å². The van der Waals surface area contributed by atoms with Crippen LogP contribution < -0.4 is 0 Å². The van der Waals surface area contributed by atoms with Crippen LogP contribution in [0.5, 0.6) is 11.5 Å². The molecule has 70 valence electrons. The third-order valence-electron chi connectivity index (χ3n) is 2.10. The Kier molecular flexibility index (Phi) is 1.85. The number of fused-ring (bicyclic) bond motifs is 1. The normalized spacial score (nSPS) is 10.3. The zero-order valence-electron chi connectivity index (χ0n) is 7.27. The van der Waals surface area contributed by atoms with Gasteiger partial charge in [-0.15, -0.1) is 0 Å². The molecule has 0 fully saturated rings. The van der Waals surface area contributed by atoms with Crippen molar-refractivity contribution < 1.29 is 15.0 Å². The van der Waals surface area contributed by atoms with E-state index in [-0.39, 0.29) is 17.1 Å². The quantitative estimate of drug-likeness (QED) is 0.673. The topological polar surface area (TPSA) is 57.5 Å². The van der Waals surface area contributed by atoms with Crippen LogP contribution >= 0.6 is 0 Å². The maximum atomic E-state index is 10.5. The lowest BCUT2D eigenvalue weighted by Gasteiger charge is -2.02. The van der Waals surface area contributed by atoms with Crippen LogP contribution in [0.15, 0.2) is 30.3 Å². The smallest absolute Gasteiger partial charge is 0.153 e. The molecule has 3 heteroatoms. The molecule has 0 amide bonds. The van der Waals surface area contributed by atoms with E-state index in [1.807, 2.05) is 0 Å². The van der Waals surface area contributed by atoms with Gasteiger partial charge in [0.2, 0.25) is 0 Å². The highest BCUT2D eigenvalue weighted by atomic mass is 16.3. The summed E-state index contributed by atoms with van der Waals surface area (Å²) in [5.74, 6) is 0.0956. The minimum absolute atomic E-state index is 0.0433. The van der Waals surface area contributed by atoms with E-state index in [0.29, 0.717) is 6.29 Å². The molecular weight excluding hydrogens is 180 g/mol. The predicted octanol–water partition coefficient (Wildman–Crippen LogP) is 2.06. The fraction of sp³-hybridized carbons (Fsp3) is 0. The van der Waals surface area contributed by atoms with Gasteiger partial charge in [0, 0.05) is 0 Å². The number of phenols is 2. The fourth-order valence-electron chi connectivity index (χ4n) is 1.39. The maximum absolute atomic E-state index is 10.5. The molecule has 2 aromatic rings. The Morgan fingerprint density at radius 3 is 2.50 bits per heavy atom. The number of phenolic OH excluding ortho intramolecular Hbond substituents is 2. The van der Waals surface area contributed by atoms with Crippen LogP contribution in [0, 0.1) is 0 Å². The van der Waals surface area contributed by atoms with Gasteiger partial charge in [0.05, 0.1) is 5.56 Å². The number of benzene rings is 2. The van der Waals surface area contributed by atoms with Crippen molar-refractivity contribution in [3.63, 3.8) is 0 Å².